The lowest BCUT2D eigenvalue weighted by atomic mass is 10.3. The second-order valence-electron chi connectivity index (χ2n) is 1.68. The van der Waals surface area contributed by atoms with Crippen molar-refractivity contribution in [2.24, 2.45) is 4.99 Å². The van der Waals surface area contributed by atoms with Crippen molar-refractivity contribution in [1.29, 1.82) is 0 Å². The predicted octanol–water partition coefficient (Wildman–Crippen LogP) is -1.79. The van der Waals surface area contributed by atoms with Crippen LogP contribution in [0.1, 0.15) is 6.92 Å². The SMILES string of the molecule is CC([O-])=N[C@@H](CO)C(=O)O. The number of rotatable bonds is 3. The molecule has 0 unspecified atom stereocenters. The van der Waals surface area contributed by atoms with Crippen LogP contribution in [0.15, 0.2) is 4.99 Å². The average molecular weight is 146 g/mol. The van der Waals surface area contributed by atoms with Crippen LogP contribution in [-0.2, 0) is 4.79 Å². The number of carboxylic acid groups (broad SMARTS) is 1. The summed E-state index contributed by atoms with van der Waals surface area (Å²) in [6, 6.07) is -1.31. The minimum absolute atomic E-state index is 0.596. The third kappa shape index (κ3) is 3.03. The Hall–Kier alpha value is -1.10. The standard InChI is InChI=1S/C5H9NO4/c1-3(8)6-4(2-7)5(9)10/h4,7H,2H2,1H3,(H,6,8)(H,9,10)/p-1/t4-/m0/s1. The summed E-state index contributed by atoms with van der Waals surface area (Å²) in [5.41, 5.74) is 0. The molecule has 1 atom stereocenters. The number of carbonyl (C=O) groups is 1. The molecule has 10 heavy (non-hydrogen) atoms. The van der Waals surface area contributed by atoms with E-state index in [1.54, 1.807) is 0 Å². The lowest BCUT2D eigenvalue weighted by Crippen LogP contribution is -2.26. The van der Waals surface area contributed by atoms with Crippen LogP contribution in [0.25, 0.3) is 0 Å². The normalized spacial score (nSPS) is 14.8. The maximum Gasteiger partial charge on any atom is 0.330 e. The number of aliphatic imine (C=N–C) groups is 1. The van der Waals surface area contributed by atoms with Gasteiger partial charge in [-0.15, -0.1) is 0 Å². The van der Waals surface area contributed by atoms with Gasteiger partial charge in [-0.1, -0.05) is 0 Å². The molecule has 0 aromatic carbocycles. The summed E-state index contributed by atoms with van der Waals surface area (Å²) >= 11 is 0. The highest BCUT2D eigenvalue weighted by molar-refractivity contribution is 5.78. The van der Waals surface area contributed by atoms with Gasteiger partial charge in [-0.2, -0.15) is 0 Å². The smallest absolute Gasteiger partial charge is 0.330 e. The molecule has 2 N–H and O–H groups in total. The first-order chi connectivity index (χ1) is 4.57. The molecule has 58 valence electrons. The number of aliphatic carboxylic acids is 1. The molecule has 0 bridgehead atoms. The molecule has 0 amide bonds. The number of hydrogen-bond acceptors (Lipinski definition) is 4. The van der Waals surface area contributed by atoms with E-state index in [9.17, 15) is 9.90 Å². The van der Waals surface area contributed by atoms with Gasteiger partial charge in [-0.3, -0.25) is 4.99 Å². The molecule has 0 spiro atoms. The largest absolute Gasteiger partial charge is 0.862 e. The van der Waals surface area contributed by atoms with E-state index >= 15 is 0 Å². The minimum Gasteiger partial charge on any atom is -0.862 e. The number of aliphatic hydroxyl groups is 1. The van der Waals surface area contributed by atoms with Crippen LogP contribution in [0.2, 0.25) is 0 Å². The Labute approximate surface area is 57.6 Å². The van der Waals surface area contributed by atoms with Gasteiger partial charge in [0.15, 0.2) is 6.04 Å². The molecule has 5 nitrogen and oxygen atoms in total. The Morgan fingerprint density at radius 3 is 2.40 bits per heavy atom. The van der Waals surface area contributed by atoms with E-state index in [1.807, 2.05) is 0 Å². The molecule has 0 rings (SSSR count). The van der Waals surface area contributed by atoms with Crippen LogP contribution in [0, 0.1) is 0 Å². The molecule has 0 fully saturated rings. The number of hydrogen-bond donors (Lipinski definition) is 2. The zero-order valence-corrected chi connectivity index (χ0v) is 5.44. The second kappa shape index (κ2) is 3.84. The van der Waals surface area contributed by atoms with Crippen LogP contribution in [0.3, 0.4) is 0 Å². The molecule has 0 saturated heterocycles. The van der Waals surface area contributed by atoms with Crippen molar-refractivity contribution in [3.8, 4) is 0 Å². The van der Waals surface area contributed by atoms with Gasteiger partial charge in [0.25, 0.3) is 0 Å². The Bertz CT molecular complexity index is 150. The van der Waals surface area contributed by atoms with Gasteiger partial charge in [-0.25, -0.2) is 4.79 Å². The molecular formula is C5H8NO4-. The summed E-state index contributed by atoms with van der Waals surface area (Å²) in [6.07, 6.45) is 0. The van der Waals surface area contributed by atoms with Crippen molar-refractivity contribution in [2.75, 3.05) is 6.61 Å². The first-order valence-electron chi connectivity index (χ1n) is 2.63. The van der Waals surface area contributed by atoms with Crippen molar-refractivity contribution >= 4 is 11.9 Å². The van der Waals surface area contributed by atoms with E-state index in [0.717, 1.165) is 6.92 Å². The third-order valence-electron chi connectivity index (χ3n) is 0.796. The minimum atomic E-state index is -1.31. The van der Waals surface area contributed by atoms with Gasteiger partial charge >= 0.3 is 5.97 Å². The van der Waals surface area contributed by atoms with Crippen LogP contribution in [0.5, 0.6) is 0 Å². The van der Waals surface area contributed by atoms with E-state index in [0.29, 0.717) is 0 Å². The third-order valence-corrected chi connectivity index (χ3v) is 0.796. The molecule has 0 aliphatic carbocycles. The number of nitrogens with zero attached hydrogens (tertiary/aromatic N) is 1. The van der Waals surface area contributed by atoms with Gasteiger partial charge in [0.05, 0.1) is 6.61 Å². The lowest BCUT2D eigenvalue weighted by molar-refractivity contribution is -0.216. The predicted molar refractivity (Wildman–Crippen MR) is 31.6 cm³/mol. The van der Waals surface area contributed by atoms with Crippen LogP contribution < -0.4 is 5.11 Å². The molecule has 0 radical (unpaired) electrons. The van der Waals surface area contributed by atoms with Gasteiger partial charge < -0.3 is 15.3 Å². The lowest BCUT2D eigenvalue weighted by Gasteiger charge is -2.07. The molecule has 0 heterocycles. The Kier molecular flexibility index (Phi) is 3.42. The average Bonchev–Trinajstić information content (AvgIpc) is 1.81. The Morgan fingerprint density at radius 2 is 2.30 bits per heavy atom. The van der Waals surface area contributed by atoms with E-state index in [2.05, 4.69) is 4.99 Å². The highest BCUT2D eigenvalue weighted by atomic mass is 16.4. The summed E-state index contributed by atoms with van der Waals surface area (Å²) < 4.78 is 0. The number of aliphatic hydroxyl groups excluding tert-OH is 1. The summed E-state index contributed by atoms with van der Waals surface area (Å²) in [5, 5.41) is 26.7. The van der Waals surface area contributed by atoms with E-state index < -0.39 is 24.5 Å². The first-order valence-corrected chi connectivity index (χ1v) is 2.63. The molecule has 0 aliphatic heterocycles. The van der Waals surface area contributed by atoms with Crippen molar-refractivity contribution in [3.63, 3.8) is 0 Å². The van der Waals surface area contributed by atoms with Crippen molar-refractivity contribution in [3.05, 3.63) is 0 Å². The zero-order valence-electron chi connectivity index (χ0n) is 5.44. The first kappa shape index (κ1) is 8.90. The topological polar surface area (TPSA) is 93.0 Å². The Balaban J connectivity index is 4.09. The maximum absolute atomic E-state index is 10.2. The van der Waals surface area contributed by atoms with Gasteiger partial charge in [-0.05, 0) is 12.8 Å². The molecule has 0 aliphatic rings. The molecule has 0 aromatic rings. The fourth-order valence-electron chi connectivity index (χ4n) is 0.394. The van der Waals surface area contributed by atoms with E-state index in [4.69, 9.17) is 10.2 Å². The molecule has 0 aromatic heterocycles. The van der Waals surface area contributed by atoms with E-state index in [-0.39, 0.29) is 0 Å². The fraction of sp³-hybridized carbons (Fsp3) is 0.600. The number of carboxylic acids is 1. The van der Waals surface area contributed by atoms with Crippen LogP contribution in [0.4, 0.5) is 0 Å². The monoisotopic (exact) mass is 146 g/mol. The zero-order chi connectivity index (χ0) is 8.15. The fourth-order valence-corrected chi connectivity index (χ4v) is 0.394. The maximum atomic E-state index is 10.2. The second-order valence-corrected chi connectivity index (χ2v) is 1.68. The molecular weight excluding hydrogens is 138 g/mol. The van der Waals surface area contributed by atoms with Crippen molar-refractivity contribution in [2.45, 2.75) is 13.0 Å². The molecule has 5 heteroatoms. The van der Waals surface area contributed by atoms with Crippen LogP contribution >= 0.6 is 0 Å². The van der Waals surface area contributed by atoms with Crippen molar-refractivity contribution < 1.29 is 20.1 Å². The molecule has 0 saturated carbocycles. The van der Waals surface area contributed by atoms with Crippen LogP contribution in [-0.4, -0.2) is 34.7 Å². The van der Waals surface area contributed by atoms with Crippen molar-refractivity contribution in [1.82, 2.24) is 0 Å². The highest BCUT2D eigenvalue weighted by Crippen LogP contribution is 1.88. The summed E-state index contributed by atoms with van der Waals surface area (Å²) in [6.45, 7) is 0.487. The highest BCUT2D eigenvalue weighted by Gasteiger charge is 2.12. The van der Waals surface area contributed by atoms with Gasteiger partial charge in [0, 0.05) is 0 Å². The summed E-state index contributed by atoms with van der Waals surface area (Å²) in [4.78, 5) is 13.2. The van der Waals surface area contributed by atoms with E-state index in [1.165, 1.54) is 0 Å². The summed E-state index contributed by atoms with van der Waals surface area (Å²) in [7, 11) is 0. The van der Waals surface area contributed by atoms with Gasteiger partial charge in [0.1, 0.15) is 0 Å². The van der Waals surface area contributed by atoms with Gasteiger partial charge in [0.2, 0.25) is 0 Å². The Morgan fingerprint density at radius 1 is 1.80 bits per heavy atom. The quantitative estimate of drug-likeness (QED) is 0.363. The summed E-state index contributed by atoms with van der Waals surface area (Å²) in [5.74, 6) is -1.89.